The number of rotatable bonds is 1. The summed E-state index contributed by atoms with van der Waals surface area (Å²) in [4.78, 5) is 11.8. The molecule has 7 N–H and O–H groups in total. The van der Waals surface area contributed by atoms with Crippen molar-refractivity contribution in [3.63, 3.8) is 0 Å². The third kappa shape index (κ3) is 4.53. The van der Waals surface area contributed by atoms with Crippen LogP contribution in [0.4, 0.5) is 0 Å². The van der Waals surface area contributed by atoms with Gasteiger partial charge in [-0.25, -0.2) is 0 Å². The van der Waals surface area contributed by atoms with Gasteiger partial charge in [-0.05, 0) is 24.3 Å². The van der Waals surface area contributed by atoms with Gasteiger partial charge in [-0.15, -0.1) is 11.3 Å². The lowest BCUT2D eigenvalue weighted by Crippen LogP contribution is -2.01. The van der Waals surface area contributed by atoms with Crippen molar-refractivity contribution in [1.82, 2.24) is 27.3 Å². The Balaban J connectivity index is 0.000000388. The topological polar surface area (TPSA) is 163 Å². The minimum Gasteiger partial charge on any atom is -0.344 e. The van der Waals surface area contributed by atoms with Gasteiger partial charge in [0.25, 0.3) is 10.1 Å². The third-order valence-electron chi connectivity index (χ3n) is 3.05. The van der Waals surface area contributed by atoms with Gasteiger partial charge in [0.05, 0.1) is 16.5 Å². The van der Waals surface area contributed by atoms with E-state index in [2.05, 4.69) is 15.0 Å². The van der Waals surface area contributed by atoms with Gasteiger partial charge in [-0.3, -0.25) is 19.5 Å². The highest BCUT2D eigenvalue weighted by atomic mass is 32.2. The Morgan fingerprint density at radius 3 is 2.20 bits per heavy atom. The summed E-state index contributed by atoms with van der Waals surface area (Å²) in [6, 6.07) is 8.26. The van der Waals surface area contributed by atoms with E-state index in [4.69, 9.17) is 0 Å². The van der Waals surface area contributed by atoms with Crippen LogP contribution in [-0.4, -0.2) is 27.9 Å². The Hall–Kier alpha value is -2.50. The van der Waals surface area contributed by atoms with Crippen LogP contribution in [0.5, 0.6) is 0 Å². The van der Waals surface area contributed by atoms with E-state index in [1.54, 1.807) is 53.5 Å². The van der Waals surface area contributed by atoms with Gasteiger partial charge in [0, 0.05) is 34.7 Å². The summed E-state index contributed by atoms with van der Waals surface area (Å²) >= 11 is 1.60. The lowest BCUT2D eigenvalue weighted by Gasteiger charge is -2.06. The summed E-state index contributed by atoms with van der Waals surface area (Å²) in [7, 11) is -4.31. The lowest BCUT2D eigenvalue weighted by atomic mass is 10.1. The average Bonchev–Trinajstić information content (AvgIpc) is 3.13. The summed E-state index contributed by atoms with van der Waals surface area (Å²) in [6.07, 6.45) is 4.87. The van der Waals surface area contributed by atoms with Crippen LogP contribution in [0.15, 0.2) is 64.7 Å². The number of aromatic nitrogens is 3. The molecule has 0 unspecified atom stereocenters. The minimum absolute atomic E-state index is 0. The van der Waals surface area contributed by atoms with Crippen molar-refractivity contribution in [2.24, 2.45) is 0 Å². The van der Waals surface area contributed by atoms with Gasteiger partial charge in [-0.1, -0.05) is 6.07 Å². The Labute approximate surface area is 148 Å². The first-order valence-corrected chi connectivity index (χ1v) is 8.88. The van der Waals surface area contributed by atoms with Crippen LogP contribution < -0.4 is 12.3 Å². The zero-order chi connectivity index (χ0) is 16.3. The summed E-state index contributed by atoms with van der Waals surface area (Å²) in [5, 5.41) is 3.17. The molecule has 0 amide bonds. The van der Waals surface area contributed by atoms with E-state index in [9.17, 15) is 13.0 Å². The molecule has 4 aromatic rings. The number of fused-ring (bicyclic) bond motifs is 3. The molecule has 132 valence electrons. The Bertz CT molecular complexity index is 1040. The first-order chi connectivity index (χ1) is 11.1. The van der Waals surface area contributed by atoms with Crippen molar-refractivity contribution < 1.29 is 13.0 Å². The molecule has 0 radical (unpaired) electrons. The van der Waals surface area contributed by atoms with Gasteiger partial charge in [0.1, 0.15) is 4.90 Å². The first-order valence-electron chi connectivity index (χ1n) is 6.49. The molecule has 0 spiro atoms. The van der Waals surface area contributed by atoms with Gasteiger partial charge in [0.2, 0.25) is 0 Å². The lowest BCUT2D eigenvalue weighted by molar-refractivity contribution is 0.484. The van der Waals surface area contributed by atoms with E-state index in [-0.39, 0.29) is 22.7 Å². The van der Waals surface area contributed by atoms with Crippen LogP contribution in [0.2, 0.25) is 0 Å². The van der Waals surface area contributed by atoms with E-state index < -0.39 is 10.1 Å². The molecule has 0 fully saturated rings. The molecule has 0 aliphatic heterocycles. The van der Waals surface area contributed by atoms with Crippen molar-refractivity contribution in [2.45, 2.75) is 4.90 Å². The smallest absolute Gasteiger partial charge is 0.296 e. The van der Waals surface area contributed by atoms with Crippen LogP contribution in [-0.2, 0) is 10.1 Å². The van der Waals surface area contributed by atoms with Crippen molar-refractivity contribution in [3.8, 4) is 0 Å². The van der Waals surface area contributed by atoms with Gasteiger partial charge in [0.15, 0.2) is 0 Å². The van der Waals surface area contributed by atoms with E-state index in [1.807, 2.05) is 5.38 Å². The Kier molecular flexibility index (Phi) is 7.03. The predicted octanol–water partition coefficient (Wildman–Crippen LogP) is 3.50. The monoisotopic (exact) mass is 379 g/mol. The zero-order valence-corrected chi connectivity index (χ0v) is 14.7. The molecule has 0 bridgehead atoms. The fraction of sp³-hybridized carbons (Fsp3) is 0. The molecule has 0 saturated carbocycles. The van der Waals surface area contributed by atoms with Crippen LogP contribution >= 0.6 is 11.3 Å². The van der Waals surface area contributed by atoms with Crippen molar-refractivity contribution >= 4 is 43.3 Å². The summed E-state index contributed by atoms with van der Waals surface area (Å²) in [6.45, 7) is 0. The zero-order valence-electron chi connectivity index (χ0n) is 13.1. The quantitative estimate of drug-likeness (QED) is 0.334. The minimum atomic E-state index is -4.31. The molecular formula is C15H17N5O3S2. The van der Waals surface area contributed by atoms with E-state index >= 15 is 0 Å². The number of hydrogen-bond acceptors (Lipinski definition) is 8. The number of nitrogens with zero attached hydrogens (tertiary/aromatic N) is 3. The summed E-state index contributed by atoms with van der Waals surface area (Å²) in [5.41, 5.74) is 2.68. The molecule has 0 aliphatic rings. The molecule has 8 nitrogen and oxygen atoms in total. The first kappa shape index (κ1) is 20.5. The normalized spacial score (nSPS) is 10.3. The molecule has 3 aromatic heterocycles. The molecule has 0 saturated heterocycles. The maximum absolute atomic E-state index is 11.4. The van der Waals surface area contributed by atoms with Crippen molar-refractivity contribution in [1.29, 1.82) is 0 Å². The molecule has 4 rings (SSSR count). The van der Waals surface area contributed by atoms with Crippen LogP contribution in [0.1, 0.15) is 0 Å². The fourth-order valence-corrected chi connectivity index (χ4v) is 3.17. The van der Waals surface area contributed by atoms with E-state index in [1.165, 1.54) is 12.3 Å². The Morgan fingerprint density at radius 1 is 0.960 bits per heavy atom. The summed E-state index contributed by atoms with van der Waals surface area (Å²) < 4.78 is 32.0. The number of pyridine rings is 2. The molecular weight excluding hydrogens is 362 g/mol. The number of thiazole rings is 1. The molecule has 1 aromatic carbocycles. The highest BCUT2D eigenvalue weighted by molar-refractivity contribution is 7.86. The third-order valence-corrected chi connectivity index (χ3v) is 4.44. The average molecular weight is 379 g/mol. The van der Waals surface area contributed by atoms with E-state index in [0.717, 1.165) is 0 Å². The second-order valence-electron chi connectivity index (χ2n) is 4.50. The van der Waals surface area contributed by atoms with Crippen molar-refractivity contribution in [2.75, 3.05) is 0 Å². The second-order valence-corrected chi connectivity index (χ2v) is 6.65. The highest BCUT2D eigenvalue weighted by Crippen LogP contribution is 2.28. The fourth-order valence-electron chi connectivity index (χ4n) is 2.13. The van der Waals surface area contributed by atoms with Gasteiger partial charge < -0.3 is 12.3 Å². The van der Waals surface area contributed by atoms with Gasteiger partial charge >= 0.3 is 0 Å². The Morgan fingerprint density at radius 2 is 1.64 bits per heavy atom. The van der Waals surface area contributed by atoms with Crippen molar-refractivity contribution in [3.05, 3.63) is 59.8 Å². The molecule has 3 heterocycles. The highest BCUT2D eigenvalue weighted by Gasteiger charge is 2.17. The van der Waals surface area contributed by atoms with Crippen LogP contribution in [0.25, 0.3) is 21.8 Å². The van der Waals surface area contributed by atoms with Gasteiger partial charge in [-0.2, -0.15) is 8.42 Å². The second kappa shape index (κ2) is 8.55. The molecule has 0 aliphatic carbocycles. The number of benzene rings is 1. The maximum atomic E-state index is 11.4. The molecule has 10 heteroatoms. The number of hydrogen-bond donors (Lipinski definition) is 3. The predicted molar refractivity (Wildman–Crippen MR) is 99.0 cm³/mol. The SMILES string of the molecule is N.N.O=S(=O)(O)c1cc2cccnc2c2cccnc12.c1cscn1. The summed E-state index contributed by atoms with van der Waals surface area (Å²) in [5.74, 6) is 0. The molecule has 25 heavy (non-hydrogen) atoms. The van der Waals surface area contributed by atoms with E-state index in [0.29, 0.717) is 16.3 Å². The maximum Gasteiger partial charge on any atom is 0.296 e. The molecule has 0 atom stereocenters. The standard InChI is InChI=1S/C12H8N2O3S.C3H3NS.2H3N/c15-18(16,17)10-7-8-3-1-5-13-11(8)9-4-2-6-14-12(9)10;1-2-5-3-4-1;;/h1-7H,(H,15,16,17);1-3H;2*1H3. The largest absolute Gasteiger partial charge is 0.344 e. The van der Waals surface area contributed by atoms with Crippen LogP contribution in [0, 0.1) is 0 Å². The van der Waals surface area contributed by atoms with Crippen LogP contribution in [0.3, 0.4) is 0 Å².